The van der Waals surface area contributed by atoms with Crippen LogP contribution < -0.4 is 0 Å². The molecule has 0 radical (unpaired) electrons. The minimum absolute atomic E-state index is 0.0697. The number of hydrogen-bond acceptors (Lipinski definition) is 4. The lowest BCUT2D eigenvalue weighted by Crippen LogP contribution is -2.36. The number of fused-ring (bicyclic) bond motifs is 1. The van der Waals surface area contributed by atoms with Gasteiger partial charge in [-0.3, -0.25) is 9.78 Å². The van der Waals surface area contributed by atoms with Crippen LogP contribution in [0.15, 0.2) is 24.0 Å². The van der Waals surface area contributed by atoms with Crippen molar-refractivity contribution in [3.63, 3.8) is 0 Å². The van der Waals surface area contributed by atoms with Crippen LogP contribution >= 0.6 is 0 Å². The predicted octanol–water partition coefficient (Wildman–Crippen LogP) is 2.32. The van der Waals surface area contributed by atoms with Crippen molar-refractivity contribution in [1.82, 2.24) is 9.88 Å². The largest absolute Gasteiger partial charge is 0.370 e. The van der Waals surface area contributed by atoms with Gasteiger partial charge in [-0.05, 0) is 42.7 Å². The van der Waals surface area contributed by atoms with Crippen LogP contribution in [0.25, 0.3) is 5.70 Å². The van der Waals surface area contributed by atoms with Crippen molar-refractivity contribution in [1.29, 1.82) is 5.26 Å². The Morgan fingerprint density at radius 3 is 2.67 bits per heavy atom. The summed E-state index contributed by atoms with van der Waals surface area (Å²) in [6, 6.07) is 4.09. The van der Waals surface area contributed by atoms with E-state index >= 15 is 0 Å². The van der Waals surface area contributed by atoms with Crippen molar-refractivity contribution in [2.24, 2.45) is 5.41 Å². The van der Waals surface area contributed by atoms with Crippen LogP contribution in [-0.4, -0.2) is 28.8 Å². The third-order valence-corrected chi connectivity index (χ3v) is 5.23. The molecule has 4 rings (SSSR count). The molecule has 0 amide bonds. The van der Waals surface area contributed by atoms with Gasteiger partial charge in [-0.1, -0.05) is 0 Å². The van der Waals surface area contributed by atoms with Crippen molar-refractivity contribution >= 4 is 11.5 Å². The highest BCUT2D eigenvalue weighted by Crippen LogP contribution is 2.54. The lowest BCUT2D eigenvalue weighted by Gasteiger charge is -2.37. The second-order valence-electron chi connectivity index (χ2n) is 6.46. The zero-order chi connectivity index (χ0) is 14.4. The van der Waals surface area contributed by atoms with Crippen molar-refractivity contribution in [2.45, 2.75) is 32.1 Å². The molecule has 4 heteroatoms. The molecule has 2 aliphatic carbocycles. The topological polar surface area (TPSA) is 57.0 Å². The molecule has 106 valence electrons. The molecule has 0 N–H and O–H groups in total. The van der Waals surface area contributed by atoms with Gasteiger partial charge in [-0.2, -0.15) is 5.26 Å². The normalized spacial score (nSPS) is 23.0. The number of nitrogens with zero attached hydrogens (tertiary/aromatic N) is 3. The Balaban J connectivity index is 1.76. The molecule has 21 heavy (non-hydrogen) atoms. The number of likely N-dealkylation sites (tertiary alicyclic amines) is 1. The third kappa shape index (κ3) is 1.96. The minimum Gasteiger partial charge on any atom is -0.370 e. The molecule has 0 bridgehead atoms. The number of hydrogen-bond donors (Lipinski definition) is 0. The van der Waals surface area contributed by atoms with E-state index in [0.717, 1.165) is 29.9 Å². The number of carbonyl (C=O) groups is 1. The van der Waals surface area contributed by atoms with Crippen LogP contribution in [0.5, 0.6) is 0 Å². The fourth-order valence-corrected chi connectivity index (χ4v) is 3.65. The zero-order valence-electron chi connectivity index (χ0n) is 11.9. The number of piperidine rings is 1. The van der Waals surface area contributed by atoms with Gasteiger partial charge in [0.05, 0.1) is 5.70 Å². The summed E-state index contributed by atoms with van der Waals surface area (Å²) in [6.07, 6.45) is 8.87. The summed E-state index contributed by atoms with van der Waals surface area (Å²) in [4.78, 5) is 18.6. The molecular formula is C17H17N3O. The van der Waals surface area contributed by atoms with Gasteiger partial charge in [0, 0.05) is 37.5 Å². The molecule has 1 aromatic heterocycles. The molecule has 3 aliphatic rings. The summed E-state index contributed by atoms with van der Waals surface area (Å²) < 4.78 is 0. The van der Waals surface area contributed by atoms with Gasteiger partial charge < -0.3 is 4.90 Å². The van der Waals surface area contributed by atoms with Gasteiger partial charge in [0.1, 0.15) is 11.6 Å². The average molecular weight is 279 g/mol. The number of pyridine rings is 1. The van der Waals surface area contributed by atoms with E-state index in [4.69, 9.17) is 0 Å². The smallest absolute Gasteiger partial charge is 0.179 e. The molecule has 2 fully saturated rings. The first-order valence-corrected chi connectivity index (χ1v) is 7.58. The highest BCUT2D eigenvalue weighted by atomic mass is 16.1. The van der Waals surface area contributed by atoms with E-state index in [-0.39, 0.29) is 5.78 Å². The Hall–Kier alpha value is -2.15. The molecule has 0 atom stereocenters. The number of ketones is 1. The zero-order valence-corrected chi connectivity index (χ0v) is 11.9. The maximum absolute atomic E-state index is 12.2. The maximum Gasteiger partial charge on any atom is 0.179 e. The van der Waals surface area contributed by atoms with Crippen LogP contribution in [-0.2, 0) is 11.2 Å². The second-order valence-corrected chi connectivity index (χ2v) is 6.46. The number of aromatic nitrogens is 1. The van der Waals surface area contributed by atoms with Gasteiger partial charge in [0.15, 0.2) is 5.78 Å². The molecule has 1 aliphatic heterocycles. The minimum atomic E-state index is -0.0697. The van der Waals surface area contributed by atoms with Crippen LogP contribution in [0.3, 0.4) is 0 Å². The summed E-state index contributed by atoms with van der Waals surface area (Å²) in [6.45, 7) is 1.91. The summed E-state index contributed by atoms with van der Waals surface area (Å²) in [7, 11) is 0. The number of rotatable bonds is 1. The summed E-state index contributed by atoms with van der Waals surface area (Å²) in [5.41, 5.74) is 3.74. The molecule has 1 saturated heterocycles. The molecule has 0 aromatic carbocycles. The van der Waals surface area contributed by atoms with Gasteiger partial charge in [0.2, 0.25) is 0 Å². The van der Waals surface area contributed by atoms with Crippen LogP contribution in [0.2, 0.25) is 0 Å². The average Bonchev–Trinajstić information content (AvgIpc) is 3.26. The Kier molecular flexibility index (Phi) is 2.65. The van der Waals surface area contributed by atoms with Gasteiger partial charge >= 0.3 is 0 Å². The predicted molar refractivity (Wildman–Crippen MR) is 78.0 cm³/mol. The fourth-order valence-electron chi connectivity index (χ4n) is 3.65. The molecule has 1 saturated carbocycles. The first kappa shape index (κ1) is 12.6. The maximum atomic E-state index is 12.2. The Bertz CT molecular complexity index is 684. The standard InChI is InChI=1S/C17H17N3O/c18-10-14-15(21)9-12-11-19-6-1-13(12)16(14)20-7-4-17(2-3-17)5-8-20/h1,6,11H,2-5,7-9H2. The quantitative estimate of drug-likeness (QED) is 0.791. The molecule has 2 heterocycles. The van der Waals surface area contributed by atoms with Crippen molar-refractivity contribution in [3.05, 3.63) is 35.2 Å². The van der Waals surface area contributed by atoms with E-state index in [1.54, 1.807) is 12.4 Å². The van der Waals surface area contributed by atoms with Crippen molar-refractivity contribution < 1.29 is 4.79 Å². The fraction of sp³-hybridized carbons (Fsp3) is 0.471. The molecule has 1 aromatic rings. The van der Waals surface area contributed by atoms with E-state index in [1.807, 2.05) is 6.07 Å². The highest BCUT2D eigenvalue weighted by Gasteiger charge is 2.45. The summed E-state index contributed by atoms with van der Waals surface area (Å²) >= 11 is 0. The Labute approximate surface area is 124 Å². The Morgan fingerprint density at radius 2 is 2.00 bits per heavy atom. The van der Waals surface area contributed by atoms with E-state index < -0.39 is 0 Å². The highest BCUT2D eigenvalue weighted by molar-refractivity contribution is 6.09. The number of allylic oxidation sites excluding steroid dienone is 1. The van der Waals surface area contributed by atoms with Gasteiger partial charge in [-0.15, -0.1) is 0 Å². The molecule has 0 unspecified atom stereocenters. The van der Waals surface area contributed by atoms with E-state index in [1.165, 1.54) is 25.7 Å². The third-order valence-electron chi connectivity index (χ3n) is 5.23. The molecule has 4 nitrogen and oxygen atoms in total. The van der Waals surface area contributed by atoms with Crippen LogP contribution in [0.1, 0.15) is 36.8 Å². The van der Waals surface area contributed by atoms with Crippen LogP contribution in [0.4, 0.5) is 0 Å². The lowest BCUT2D eigenvalue weighted by atomic mass is 9.87. The first-order chi connectivity index (χ1) is 10.2. The second kappa shape index (κ2) is 4.42. The lowest BCUT2D eigenvalue weighted by molar-refractivity contribution is -0.114. The van der Waals surface area contributed by atoms with Crippen molar-refractivity contribution in [3.8, 4) is 6.07 Å². The van der Waals surface area contributed by atoms with Crippen LogP contribution in [0, 0.1) is 16.7 Å². The number of Topliss-reactive ketones (excluding diaryl/α,β-unsaturated/α-hetero) is 1. The SMILES string of the molecule is N#CC1=C(N2CCC3(CC2)CC3)c2ccncc2CC1=O. The summed E-state index contributed by atoms with van der Waals surface area (Å²) in [5, 5.41) is 9.43. The van der Waals surface area contributed by atoms with E-state index in [9.17, 15) is 10.1 Å². The van der Waals surface area contributed by atoms with E-state index in [2.05, 4.69) is 16.0 Å². The molecule has 1 spiro atoms. The van der Waals surface area contributed by atoms with E-state index in [0.29, 0.717) is 17.4 Å². The number of nitriles is 1. The van der Waals surface area contributed by atoms with Gasteiger partial charge in [0.25, 0.3) is 0 Å². The molecular weight excluding hydrogens is 262 g/mol. The van der Waals surface area contributed by atoms with Gasteiger partial charge in [-0.25, -0.2) is 0 Å². The Morgan fingerprint density at radius 1 is 1.24 bits per heavy atom. The summed E-state index contributed by atoms with van der Waals surface area (Å²) in [5.74, 6) is -0.0697. The van der Waals surface area contributed by atoms with Crippen molar-refractivity contribution in [2.75, 3.05) is 13.1 Å². The monoisotopic (exact) mass is 279 g/mol. The first-order valence-electron chi connectivity index (χ1n) is 7.58. The number of carbonyl (C=O) groups excluding carboxylic acids is 1.